The average molecular weight is 435 g/mol. The van der Waals surface area contributed by atoms with Gasteiger partial charge in [-0.1, -0.05) is 56.3 Å². The summed E-state index contributed by atoms with van der Waals surface area (Å²) in [7, 11) is 1.79. The first-order valence-electron chi connectivity index (χ1n) is 11.4. The Morgan fingerprint density at radius 2 is 1.91 bits per heavy atom. The summed E-state index contributed by atoms with van der Waals surface area (Å²) in [6, 6.07) is 18.8. The monoisotopic (exact) mass is 434 g/mol. The number of ether oxygens (including phenoxy) is 1. The molecule has 0 spiro atoms. The molecular weight excluding hydrogens is 400 g/mol. The van der Waals surface area contributed by atoms with Crippen LogP contribution in [0.4, 0.5) is 5.69 Å². The van der Waals surface area contributed by atoms with Gasteiger partial charge in [0.1, 0.15) is 5.60 Å². The smallest absolute Gasteiger partial charge is 0.232 e. The van der Waals surface area contributed by atoms with Crippen LogP contribution in [0, 0.1) is 5.92 Å². The lowest BCUT2D eigenvalue weighted by molar-refractivity contribution is -0.130. The van der Waals surface area contributed by atoms with Gasteiger partial charge in [0, 0.05) is 19.3 Å². The number of rotatable bonds is 6. The number of anilines is 1. The standard InChI is InChI=1S/C26H34N4O2/c1-19(2)25(3)16-23(31)30(24(27)28-25)17-20-9-8-12-22(15-20)29-14-13-26(18-29,32-4)21-10-6-5-7-11-21/h5-12,15,19H,13-14,16-18H2,1-4H3,(H2,27,28). The number of carbonyl (C=O) groups excluding carboxylic acids is 1. The number of amides is 1. The first-order valence-corrected chi connectivity index (χ1v) is 11.4. The Labute approximate surface area is 191 Å². The van der Waals surface area contributed by atoms with Gasteiger partial charge >= 0.3 is 0 Å². The summed E-state index contributed by atoms with van der Waals surface area (Å²) in [6.07, 6.45) is 1.31. The van der Waals surface area contributed by atoms with Crippen LogP contribution in [0.15, 0.2) is 59.6 Å². The van der Waals surface area contributed by atoms with Crippen molar-refractivity contribution in [1.82, 2.24) is 4.90 Å². The van der Waals surface area contributed by atoms with Gasteiger partial charge in [-0.15, -0.1) is 0 Å². The van der Waals surface area contributed by atoms with Crippen LogP contribution >= 0.6 is 0 Å². The van der Waals surface area contributed by atoms with Crippen molar-refractivity contribution in [2.75, 3.05) is 25.1 Å². The minimum absolute atomic E-state index is 0.0303. The molecule has 2 aromatic rings. The van der Waals surface area contributed by atoms with E-state index in [-0.39, 0.29) is 17.4 Å². The molecule has 0 radical (unpaired) electrons. The van der Waals surface area contributed by atoms with Crippen LogP contribution in [0.3, 0.4) is 0 Å². The normalized spacial score (nSPS) is 26.0. The molecule has 0 aliphatic carbocycles. The zero-order valence-electron chi connectivity index (χ0n) is 19.5. The largest absolute Gasteiger partial charge is 0.372 e. The van der Waals surface area contributed by atoms with Crippen LogP contribution in [-0.2, 0) is 21.7 Å². The van der Waals surface area contributed by atoms with Crippen LogP contribution in [0.2, 0.25) is 0 Å². The molecule has 2 aliphatic rings. The highest BCUT2D eigenvalue weighted by Crippen LogP contribution is 2.38. The second-order valence-corrected chi connectivity index (χ2v) is 9.54. The number of carbonyl (C=O) groups is 1. The van der Waals surface area contributed by atoms with Crippen molar-refractivity contribution in [1.29, 1.82) is 0 Å². The zero-order chi connectivity index (χ0) is 22.9. The number of benzene rings is 2. The highest BCUT2D eigenvalue weighted by molar-refractivity contribution is 5.99. The first-order chi connectivity index (χ1) is 15.3. The molecule has 1 fully saturated rings. The lowest BCUT2D eigenvalue weighted by Gasteiger charge is -2.37. The molecule has 2 heterocycles. The van der Waals surface area contributed by atoms with E-state index < -0.39 is 5.54 Å². The maximum absolute atomic E-state index is 12.9. The molecule has 0 aromatic heterocycles. The molecule has 0 saturated carbocycles. The molecular formula is C26H34N4O2. The number of aliphatic imine (C=N–C) groups is 1. The Hall–Kier alpha value is -2.86. The Morgan fingerprint density at radius 3 is 2.56 bits per heavy atom. The van der Waals surface area contributed by atoms with Crippen molar-refractivity contribution in [3.63, 3.8) is 0 Å². The molecule has 2 atom stereocenters. The molecule has 32 heavy (non-hydrogen) atoms. The number of hydrogen-bond acceptors (Lipinski definition) is 5. The molecule has 6 heteroatoms. The summed E-state index contributed by atoms with van der Waals surface area (Å²) >= 11 is 0. The van der Waals surface area contributed by atoms with E-state index in [0.29, 0.717) is 18.9 Å². The number of hydrogen-bond donors (Lipinski definition) is 1. The van der Waals surface area contributed by atoms with Gasteiger partial charge in [0.25, 0.3) is 0 Å². The molecule has 6 nitrogen and oxygen atoms in total. The fourth-order valence-electron chi connectivity index (χ4n) is 4.69. The van der Waals surface area contributed by atoms with Crippen LogP contribution in [0.1, 0.15) is 44.7 Å². The Balaban J connectivity index is 1.52. The van der Waals surface area contributed by atoms with Crippen molar-refractivity contribution >= 4 is 17.6 Å². The Kier molecular flexibility index (Phi) is 5.99. The van der Waals surface area contributed by atoms with Gasteiger partial charge in [0.15, 0.2) is 5.96 Å². The quantitative estimate of drug-likeness (QED) is 0.749. The second-order valence-electron chi connectivity index (χ2n) is 9.54. The van der Waals surface area contributed by atoms with Gasteiger partial charge in [-0.3, -0.25) is 9.69 Å². The summed E-state index contributed by atoms with van der Waals surface area (Å²) in [6.45, 7) is 8.28. The Morgan fingerprint density at radius 1 is 1.16 bits per heavy atom. The highest BCUT2D eigenvalue weighted by Gasteiger charge is 2.40. The molecule has 2 unspecified atom stereocenters. The van der Waals surface area contributed by atoms with E-state index in [1.165, 1.54) is 5.56 Å². The average Bonchev–Trinajstić information content (AvgIpc) is 3.23. The van der Waals surface area contributed by atoms with Crippen molar-refractivity contribution in [2.24, 2.45) is 16.6 Å². The number of nitrogens with zero attached hydrogens (tertiary/aromatic N) is 3. The molecule has 1 saturated heterocycles. The zero-order valence-corrected chi connectivity index (χ0v) is 19.5. The molecule has 2 N–H and O–H groups in total. The number of nitrogens with two attached hydrogens (primary N) is 1. The van der Waals surface area contributed by atoms with Gasteiger partial charge in [-0.05, 0) is 42.5 Å². The predicted molar refractivity (Wildman–Crippen MR) is 128 cm³/mol. The van der Waals surface area contributed by atoms with Crippen molar-refractivity contribution in [3.05, 3.63) is 65.7 Å². The topological polar surface area (TPSA) is 71.2 Å². The summed E-state index contributed by atoms with van der Waals surface area (Å²) < 4.78 is 6.03. The maximum atomic E-state index is 12.9. The first kappa shape index (κ1) is 22.3. The second kappa shape index (κ2) is 8.58. The van der Waals surface area contributed by atoms with E-state index in [9.17, 15) is 4.79 Å². The molecule has 2 aromatic carbocycles. The summed E-state index contributed by atoms with van der Waals surface area (Å²) in [5.74, 6) is 0.588. The van der Waals surface area contributed by atoms with Crippen LogP contribution in [0.25, 0.3) is 0 Å². The van der Waals surface area contributed by atoms with E-state index in [2.05, 4.69) is 60.1 Å². The summed E-state index contributed by atoms with van der Waals surface area (Å²) in [5.41, 5.74) is 8.87. The third-order valence-corrected chi connectivity index (χ3v) is 7.24. The van der Waals surface area contributed by atoms with Crippen LogP contribution < -0.4 is 10.6 Å². The molecule has 1 amide bonds. The Bertz CT molecular complexity index is 1010. The van der Waals surface area contributed by atoms with E-state index in [4.69, 9.17) is 10.5 Å². The third-order valence-electron chi connectivity index (χ3n) is 7.24. The minimum Gasteiger partial charge on any atom is -0.372 e. The molecule has 4 rings (SSSR count). The maximum Gasteiger partial charge on any atom is 0.232 e. The van der Waals surface area contributed by atoms with Gasteiger partial charge in [-0.25, -0.2) is 4.99 Å². The summed E-state index contributed by atoms with van der Waals surface area (Å²) in [5, 5.41) is 0. The van der Waals surface area contributed by atoms with Gasteiger partial charge in [-0.2, -0.15) is 0 Å². The fourth-order valence-corrected chi connectivity index (χ4v) is 4.69. The van der Waals surface area contributed by atoms with Crippen molar-refractivity contribution in [3.8, 4) is 0 Å². The minimum atomic E-state index is -0.435. The predicted octanol–water partition coefficient (Wildman–Crippen LogP) is 3.90. The third kappa shape index (κ3) is 4.11. The lowest BCUT2D eigenvalue weighted by atomic mass is 9.84. The van der Waals surface area contributed by atoms with E-state index in [1.807, 2.05) is 25.1 Å². The van der Waals surface area contributed by atoms with Crippen molar-refractivity contribution < 1.29 is 9.53 Å². The summed E-state index contributed by atoms with van der Waals surface area (Å²) in [4.78, 5) is 21.5. The molecule has 2 aliphatic heterocycles. The number of methoxy groups -OCH3 is 1. The van der Waals surface area contributed by atoms with Crippen LogP contribution in [-0.4, -0.2) is 42.5 Å². The molecule has 0 bridgehead atoms. The van der Waals surface area contributed by atoms with Crippen molar-refractivity contribution in [2.45, 2.75) is 51.3 Å². The van der Waals surface area contributed by atoms with E-state index in [0.717, 1.165) is 30.8 Å². The van der Waals surface area contributed by atoms with Gasteiger partial charge < -0.3 is 15.4 Å². The fraction of sp³-hybridized carbons (Fsp3) is 0.462. The van der Waals surface area contributed by atoms with Gasteiger partial charge in [0.2, 0.25) is 5.91 Å². The van der Waals surface area contributed by atoms with Crippen LogP contribution in [0.5, 0.6) is 0 Å². The SMILES string of the molecule is COC1(c2ccccc2)CCN(c2cccc(CN3C(=O)CC(C)(C(C)C)N=C3N)c2)C1. The van der Waals surface area contributed by atoms with E-state index >= 15 is 0 Å². The van der Waals surface area contributed by atoms with Gasteiger partial charge in [0.05, 0.1) is 25.0 Å². The highest BCUT2D eigenvalue weighted by atomic mass is 16.5. The molecule has 170 valence electrons. The number of guanidine groups is 1. The van der Waals surface area contributed by atoms with E-state index in [1.54, 1.807) is 12.0 Å². The lowest BCUT2D eigenvalue weighted by Crippen LogP contribution is -2.51.